The molecule has 0 radical (unpaired) electrons. The van der Waals surface area contributed by atoms with Crippen molar-refractivity contribution < 1.29 is 5.11 Å². The predicted molar refractivity (Wildman–Crippen MR) is 88.9 cm³/mol. The monoisotopic (exact) mass is 394 g/mol. The Morgan fingerprint density at radius 1 is 1.10 bits per heavy atom. The average Bonchev–Trinajstić information content (AvgIpc) is 2.48. The molecule has 20 heavy (non-hydrogen) atoms. The van der Waals surface area contributed by atoms with Crippen LogP contribution in [-0.2, 0) is 6.42 Å². The molecule has 2 unspecified atom stereocenters. The minimum atomic E-state index is -0.469. The van der Waals surface area contributed by atoms with Crippen LogP contribution in [0, 0.1) is 0 Å². The van der Waals surface area contributed by atoms with Gasteiger partial charge in [0, 0.05) is 14.9 Å². The molecule has 0 fully saturated rings. The minimum absolute atomic E-state index is 0.186. The normalized spacial score (nSPS) is 19.4. The number of hydrogen-bond acceptors (Lipinski definition) is 1. The van der Waals surface area contributed by atoms with Gasteiger partial charge in [0.25, 0.3) is 0 Å². The van der Waals surface area contributed by atoms with Crippen molar-refractivity contribution in [2.45, 2.75) is 31.3 Å². The molecule has 2 aromatic rings. The molecule has 0 heterocycles. The fourth-order valence-corrected chi connectivity index (χ4v) is 3.94. The number of fused-ring (bicyclic) bond motifs is 1. The molecule has 3 heteroatoms. The Morgan fingerprint density at radius 2 is 1.90 bits per heavy atom. The summed E-state index contributed by atoms with van der Waals surface area (Å²) < 4.78 is 1.97. The van der Waals surface area contributed by atoms with Gasteiger partial charge in [-0.3, -0.25) is 0 Å². The standard InChI is InChI=1S/C17H16Br2O/c18-12-8-9-16(19)15(10-12)17(20)14-7-3-5-11-4-1-2-6-13(11)14/h1-2,4,6,8-10,14,17,20H,3,5,7H2. The van der Waals surface area contributed by atoms with Crippen LogP contribution in [0.15, 0.2) is 51.4 Å². The molecule has 0 aliphatic heterocycles. The third-order valence-corrected chi connectivity index (χ3v) is 5.29. The highest BCUT2D eigenvalue weighted by Gasteiger charge is 2.28. The quantitative estimate of drug-likeness (QED) is 0.725. The topological polar surface area (TPSA) is 20.2 Å². The third-order valence-electron chi connectivity index (χ3n) is 4.07. The summed E-state index contributed by atoms with van der Waals surface area (Å²) >= 11 is 7.05. The van der Waals surface area contributed by atoms with E-state index in [1.807, 2.05) is 18.2 Å². The maximum atomic E-state index is 10.8. The minimum Gasteiger partial charge on any atom is -0.388 e. The Kier molecular flexibility index (Phi) is 4.29. The summed E-state index contributed by atoms with van der Waals surface area (Å²) in [5.74, 6) is 0.186. The van der Waals surface area contributed by atoms with Crippen molar-refractivity contribution >= 4 is 31.9 Å². The summed E-state index contributed by atoms with van der Waals surface area (Å²) in [5, 5.41) is 10.8. The van der Waals surface area contributed by atoms with Crippen LogP contribution in [0.3, 0.4) is 0 Å². The molecular weight excluding hydrogens is 380 g/mol. The Bertz CT molecular complexity index is 624. The highest BCUT2D eigenvalue weighted by atomic mass is 79.9. The number of aryl methyl sites for hydroxylation is 1. The molecule has 1 N–H and O–H groups in total. The number of hydrogen-bond donors (Lipinski definition) is 1. The van der Waals surface area contributed by atoms with Crippen molar-refractivity contribution in [3.05, 3.63) is 68.1 Å². The van der Waals surface area contributed by atoms with E-state index in [4.69, 9.17) is 0 Å². The number of benzene rings is 2. The lowest BCUT2D eigenvalue weighted by Crippen LogP contribution is -2.17. The van der Waals surface area contributed by atoms with E-state index in [2.05, 4.69) is 56.1 Å². The summed E-state index contributed by atoms with van der Waals surface area (Å²) in [7, 11) is 0. The van der Waals surface area contributed by atoms with Gasteiger partial charge >= 0.3 is 0 Å². The SMILES string of the molecule is OC(c1cc(Br)ccc1Br)C1CCCc2ccccc21. The van der Waals surface area contributed by atoms with Gasteiger partial charge in [-0.15, -0.1) is 0 Å². The zero-order valence-corrected chi connectivity index (χ0v) is 14.2. The van der Waals surface area contributed by atoms with Gasteiger partial charge in [0.1, 0.15) is 0 Å². The van der Waals surface area contributed by atoms with Crippen LogP contribution >= 0.6 is 31.9 Å². The number of aliphatic hydroxyl groups excluding tert-OH is 1. The third kappa shape index (κ3) is 2.72. The van der Waals surface area contributed by atoms with Gasteiger partial charge in [-0.25, -0.2) is 0 Å². The van der Waals surface area contributed by atoms with Crippen LogP contribution in [0.2, 0.25) is 0 Å². The molecule has 0 saturated heterocycles. The second kappa shape index (κ2) is 6.00. The fourth-order valence-electron chi connectivity index (χ4n) is 3.08. The lowest BCUT2D eigenvalue weighted by atomic mass is 9.78. The molecule has 1 aliphatic carbocycles. The fraction of sp³-hybridized carbons (Fsp3) is 0.294. The van der Waals surface area contributed by atoms with E-state index in [9.17, 15) is 5.11 Å². The Morgan fingerprint density at radius 3 is 2.75 bits per heavy atom. The van der Waals surface area contributed by atoms with E-state index in [0.29, 0.717) is 0 Å². The van der Waals surface area contributed by atoms with Crippen LogP contribution < -0.4 is 0 Å². The first-order chi connectivity index (χ1) is 9.66. The van der Waals surface area contributed by atoms with E-state index in [-0.39, 0.29) is 5.92 Å². The summed E-state index contributed by atoms with van der Waals surface area (Å²) in [6, 6.07) is 14.5. The van der Waals surface area contributed by atoms with Crippen LogP contribution in [0.5, 0.6) is 0 Å². The van der Waals surface area contributed by atoms with Gasteiger partial charge in [0.2, 0.25) is 0 Å². The maximum absolute atomic E-state index is 10.8. The smallest absolute Gasteiger partial charge is 0.0869 e. The zero-order chi connectivity index (χ0) is 14.1. The molecule has 1 aliphatic rings. The lowest BCUT2D eigenvalue weighted by molar-refractivity contribution is 0.135. The van der Waals surface area contributed by atoms with E-state index in [0.717, 1.165) is 33.8 Å². The molecule has 0 aromatic heterocycles. The van der Waals surface area contributed by atoms with Gasteiger partial charge in [0.05, 0.1) is 6.10 Å². The largest absolute Gasteiger partial charge is 0.388 e. The van der Waals surface area contributed by atoms with Gasteiger partial charge in [0.15, 0.2) is 0 Å². The summed E-state index contributed by atoms with van der Waals surface area (Å²) in [4.78, 5) is 0. The molecule has 2 aromatic carbocycles. The average molecular weight is 396 g/mol. The molecule has 0 saturated carbocycles. The van der Waals surface area contributed by atoms with Crippen LogP contribution in [-0.4, -0.2) is 5.11 Å². The Hall–Kier alpha value is -0.640. The molecule has 0 amide bonds. The molecular formula is C17H16Br2O. The van der Waals surface area contributed by atoms with E-state index < -0.39 is 6.10 Å². The molecule has 2 atom stereocenters. The van der Waals surface area contributed by atoms with Gasteiger partial charge < -0.3 is 5.11 Å². The van der Waals surface area contributed by atoms with Crippen molar-refractivity contribution in [1.29, 1.82) is 0 Å². The molecule has 3 rings (SSSR count). The number of rotatable bonds is 2. The Balaban J connectivity index is 1.99. The van der Waals surface area contributed by atoms with Crippen LogP contribution in [0.25, 0.3) is 0 Å². The van der Waals surface area contributed by atoms with Crippen molar-refractivity contribution in [3.63, 3.8) is 0 Å². The second-order valence-corrected chi connectivity index (χ2v) is 7.08. The second-order valence-electron chi connectivity index (χ2n) is 5.31. The van der Waals surface area contributed by atoms with Crippen molar-refractivity contribution in [2.75, 3.05) is 0 Å². The first kappa shape index (κ1) is 14.3. The van der Waals surface area contributed by atoms with E-state index >= 15 is 0 Å². The van der Waals surface area contributed by atoms with Crippen molar-refractivity contribution in [1.82, 2.24) is 0 Å². The highest BCUT2D eigenvalue weighted by Crippen LogP contribution is 2.42. The van der Waals surface area contributed by atoms with Crippen molar-refractivity contribution in [3.8, 4) is 0 Å². The van der Waals surface area contributed by atoms with E-state index in [1.165, 1.54) is 11.1 Å². The van der Waals surface area contributed by atoms with Crippen molar-refractivity contribution in [2.24, 2.45) is 0 Å². The van der Waals surface area contributed by atoms with Gasteiger partial charge in [-0.1, -0.05) is 56.1 Å². The zero-order valence-electron chi connectivity index (χ0n) is 11.0. The summed E-state index contributed by atoms with van der Waals surface area (Å²) in [6.07, 6.45) is 2.84. The summed E-state index contributed by atoms with van der Waals surface area (Å²) in [5.41, 5.74) is 3.65. The molecule has 104 valence electrons. The first-order valence-electron chi connectivity index (χ1n) is 6.87. The molecule has 0 bridgehead atoms. The van der Waals surface area contributed by atoms with Gasteiger partial charge in [-0.2, -0.15) is 0 Å². The summed E-state index contributed by atoms with van der Waals surface area (Å²) in [6.45, 7) is 0. The predicted octanol–water partition coefficient (Wildman–Crippen LogP) is 5.37. The van der Waals surface area contributed by atoms with Crippen LogP contribution in [0.4, 0.5) is 0 Å². The van der Waals surface area contributed by atoms with Gasteiger partial charge in [-0.05, 0) is 54.2 Å². The number of halogens is 2. The highest BCUT2D eigenvalue weighted by molar-refractivity contribution is 9.11. The number of aliphatic hydroxyl groups is 1. The first-order valence-corrected chi connectivity index (χ1v) is 8.46. The lowest BCUT2D eigenvalue weighted by Gasteiger charge is -2.30. The maximum Gasteiger partial charge on any atom is 0.0869 e. The molecule has 0 spiro atoms. The van der Waals surface area contributed by atoms with Crippen LogP contribution in [0.1, 0.15) is 41.6 Å². The van der Waals surface area contributed by atoms with E-state index in [1.54, 1.807) is 0 Å². The molecule has 1 nitrogen and oxygen atoms in total. The Labute approximate surface area is 136 Å².